The minimum Gasteiger partial charge on any atom is -0.351 e. The second-order valence-corrected chi connectivity index (χ2v) is 8.59. The van der Waals surface area contributed by atoms with Crippen molar-refractivity contribution in [3.05, 3.63) is 69.8 Å². The van der Waals surface area contributed by atoms with Crippen molar-refractivity contribution in [1.29, 1.82) is 0 Å². The molecule has 148 valence electrons. The zero-order valence-corrected chi connectivity index (χ0v) is 16.8. The molecular weight excluding hydrogens is 374 g/mol. The highest BCUT2D eigenvalue weighted by Crippen LogP contribution is 2.25. The maximum Gasteiger partial charge on any atom is 0.269 e. The Morgan fingerprint density at radius 3 is 2.32 bits per heavy atom. The zero-order valence-electron chi connectivity index (χ0n) is 16.0. The van der Waals surface area contributed by atoms with E-state index in [2.05, 4.69) is 29.6 Å². The number of carbonyl (C=O) groups excluding carboxylic acids is 1. The van der Waals surface area contributed by atoms with Crippen LogP contribution in [0, 0.1) is 10.1 Å². The van der Waals surface area contributed by atoms with Crippen molar-refractivity contribution in [2.24, 2.45) is 0 Å². The summed E-state index contributed by atoms with van der Waals surface area (Å²) in [5.74, 6) is -0.0473. The normalized spacial score (nSPS) is 15.3. The van der Waals surface area contributed by atoms with Crippen molar-refractivity contribution >= 4 is 23.4 Å². The number of thioether (sulfide) groups is 1. The Hall–Kier alpha value is -2.38. The predicted molar refractivity (Wildman–Crippen MR) is 110 cm³/mol. The van der Waals surface area contributed by atoms with Gasteiger partial charge in [-0.3, -0.25) is 14.9 Å². The van der Waals surface area contributed by atoms with Gasteiger partial charge in [0, 0.05) is 42.0 Å². The fourth-order valence-corrected chi connectivity index (χ4v) is 4.24. The maximum atomic E-state index is 12.3. The van der Waals surface area contributed by atoms with Crippen LogP contribution in [0.15, 0.2) is 53.4 Å². The van der Waals surface area contributed by atoms with E-state index in [1.165, 1.54) is 55.4 Å². The molecule has 1 amide bonds. The molecule has 2 N–H and O–H groups in total. The molecule has 1 aliphatic rings. The Bertz CT molecular complexity index is 803. The van der Waals surface area contributed by atoms with Gasteiger partial charge in [0.1, 0.15) is 6.54 Å². The Labute approximate surface area is 169 Å². The number of rotatable bonds is 8. The van der Waals surface area contributed by atoms with E-state index < -0.39 is 4.92 Å². The van der Waals surface area contributed by atoms with E-state index in [1.807, 2.05) is 6.92 Å². The third kappa shape index (κ3) is 5.81. The molecule has 1 saturated heterocycles. The van der Waals surface area contributed by atoms with Gasteiger partial charge in [-0.05, 0) is 24.6 Å². The first-order valence-corrected chi connectivity index (χ1v) is 10.5. The predicted octanol–water partition coefficient (Wildman–Crippen LogP) is 2.57. The summed E-state index contributed by atoms with van der Waals surface area (Å²) in [6.45, 7) is 5.95. The van der Waals surface area contributed by atoms with Gasteiger partial charge >= 0.3 is 0 Å². The van der Waals surface area contributed by atoms with Crippen LogP contribution >= 0.6 is 11.8 Å². The van der Waals surface area contributed by atoms with Gasteiger partial charge in [0.2, 0.25) is 5.91 Å². The largest absolute Gasteiger partial charge is 0.351 e. The lowest BCUT2D eigenvalue weighted by molar-refractivity contribution is -0.901. The van der Waals surface area contributed by atoms with Crippen LogP contribution in [-0.2, 0) is 17.9 Å². The Balaban J connectivity index is 1.45. The second-order valence-electron chi connectivity index (χ2n) is 7.18. The summed E-state index contributed by atoms with van der Waals surface area (Å²) in [6, 6.07) is 14.7. The second kappa shape index (κ2) is 9.71. The first-order chi connectivity index (χ1) is 13.5. The minimum atomic E-state index is -0.428. The summed E-state index contributed by atoms with van der Waals surface area (Å²) in [6.07, 6.45) is 2.66. The van der Waals surface area contributed by atoms with E-state index in [0.29, 0.717) is 6.54 Å². The van der Waals surface area contributed by atoms with E-state index in [1.54, 1.807) is 17.0 Å². The molecule has 1 atom stereocenters. The molecule has 2 aromatic carbocycles. The monoisotopic (exact) mass is 400 g/mol. The van der Waals surface area contributed by atoms with Gasteiger partial charge in [0.05, 0.1) is 23.3 Å². The Morgan fingerprint density at radius 1 is 1.11 bits per heavy atom. The lowest BCUT2D eigenvalue weighted by atomic mass is 10.1. The summed E-state index contributed by atoms with van der Waals surface area (Å²) < 4.78 is 0. The number of likely N-dealkylation sites (tertiary alicyclic amines) is 1. The first kappa shape index (κ1) is 20.4. The van der Waals surface area contributed by atoms with Gasteiger partial charge < -0.3 is 10.2 Å². The fraction of sp³-hybridized carbons (Fsp3) is 0.381. The molecule has 6 nitrogen and oxygen atoms in total. The van der Waals surface area contributed by atoms with Crippen molar-refractivity contribution in [3.63, 3.8) is 0 Å². The topological polar surface area (TPSA) is 76.7 Å². The Morgan fingerprint density at radius 2 is 1.71 bits per heavy atom. The van der Waals surface area contributed by atoms with Crippen LogP contribution in [0.4, 0.5) is 5.69 Å². The number of hydrogen-bond acceptors (Lipinski definition) is 4. The van der Waals surface area contributed by atoms with Crippen LogP contribution in [0.2, 0.25) is 0 Å². The van der Waals surface area contributed by atoms with E-state index in [9.17, 15) is 14.9 Å². The van der Waals surface area contributed by atoms with Crippen molar-refractivity contribution in [2.75, 3.05) is 13.1 Å². The van der Waals surface area contributed by atoms with Crippen molar-refractivity contribution in [3.8, 4) is 0 Å². The third-order valence-corrected chi connectivity index (χ3v) is 6.10. The van der Waals surface area contributed by atoms with Crippen molar-refractivity contribution in [1.82, 2.24) is 5.32 Å². The highest BCUT2D eigenvalue weighted by molar-refractivity contribution is 8.00. The summed E-state index contributed by atoms with van der Waals surface area (Å²) in [5.41, 5.74) is 2.48. The molecule has 0 unspecified atom stereocenters. The summed E-state index contributed by atoms with van der Waals surface area (Å²) >= 11 is 1.39. The summed E-state index contributed by atoms with van der Waals surface area (Å²) in [4.78, 5) is 25.1. The lowest BCUT2D eigenvalue weighted by Gasteiger charge is -2.13. The summed E-state index contributed by atoms with van der Waals surface area (Å²) in [5, 5.41) is 13.4. The van der Waals surface area contributed by atoms with Gasteiger partial charge in [-0.25, -0.2) is 0 Å². The number of hydrogen-bond donors (Lipinski definition) is 2. The molecule has 0 saturated carbocycles. The van der Waals surface area contributed by atoms with Crippen molar-refractivity contribution < 1.29 is 14.6 Å². The molecule has 1 fully saturated rings. The quantitative estimate of drug-likeness (QED) is 0.406. The molecule has 3 rings (SSSR count). The van der Waals surface area contributed by atoms with Crippen LogP contribution in [0.3, 0.4) is 0 Å². The minimum absolute atomic E-state index is 0.0473. The fourth-order valence-electron chi connectivity index (χ4n) is 3.35. The van der Waals surface area contributed by atoms with Crippen LogP contribution < -0.4 is 10.2 Å². The summed E-state index contributed by atoms with van der Waals surface area (Å²) in [7, 11) is 0. The van der Waals surface area contributed by atoms with Crippen LogP contribution in [0.5, 0.6) is 0 Å². The lowest BCUT2D eigenvalue weighted by Crippen LogP contribution is -3.08. The average Bonchev–Trinajstić information content (AvgIpc) is 3.20. The number of quaternary nitrogens is 1. The first-order valence-electron chi connectivity index (χ1n) is 9.61. The van der Waals surface area contributed by atoms with Gasteiger partial charge in [-0.15, -0.1) is 11.8 Å². The molecule has 0 radical (unpaired) electrons. The van der Waals surface area contributed by atoms with E-state index in [-0.39, 0.29) is 16.8 Å². The molecule has 7 heteroatoms. The number of carbonyl (C=O) groups is 1. The zero-order chi connectivity index (χ0) is 19.9. The van der Waals surface area contributed by atoms with E-state index >= 15 is 0 Å². The van der Waals surface area contributed by atoms with E-state index in [4.69, 9.17) is 0 Å². The van der Waals surface area contributed by atoms with Gasteiger partial charge in [-0.2, -0.15) is 0 Å². The van der Waals surface area contributed by atoms with Crippen LogP contribution in [-0.4, -0.2) is 29.2 Å². The maximum absolute atomic E-state index is 12.3. The molecule has 0 bridgehead atoms. The van der Waals surface area contributed by atoms with Gasteiger partial charge in [0.25, 0.3) is 5.69 Å². The highest BCUT2D eigenvalue weighted by Gasteiger charge is 2.16. The van der Waals surface area contributed by atoms with Crippen LogP contribution in [0.25, 0.3) is 0 Å². The molecule has 1 aliphatic heterocycles. The Kier molecular flexibility index (Phi) is 7.06. The molecular formula is C21H26N3O3S+. The number of nitro groups is 1. The molecule has 0 aromatic heterocycles. The van der Waals surface area contributed by atoms with Crippen molar-refractivity contribution in [2.45, 2.75) is 43.0 Å². The number of nitro benzene ring substituents is 1. The third-order valence-electron chi connectivity index (χ3n) is 4.98. The van der Waals surface area contributed by atoms with Gasteiger partial charge in [0.15, 0.2) is 0 Å². The number of non-ortho nitro benzene ring substituents is 1. The molecule has 0 aliphatic carbocycles. The van der Waals surface area contributed by atoms with Gasteiger partial charge in [-0.1, -0.05) is 24.3 Å². The number of nitrogens with zero attached hydrogens (tertiary/aromatic N) is 1. The molecule has 1 heterocycles. The molecule has 2 aromatic rings. The number of benzene rings is 2. The standard InChI is InChI=1S/C21H25N3O3S/c1-16(28-20-10-8-19(9-11-20)24(26)27)21(25)22-14-17-4-6-18(7-5-17)15-23-12-2-3-13-23/h4-11,16H,2-3,12-15H2,1H3,(H,22,25)/p+1/t16-/m1/s1. The average molecular weight is 401 g/mol. The molecule has 0 spiro atoms. The highest BCUT2D eigenvalue weighted by atomic mass is 32.2. The SMILES string of the molecule is C[C@@H](Sc1ccc([N+](=O)[O-])cc1)C(=O)NCc1ccc(C[NH+]2CCCC2)cc1. The molecule has 28 heavy (non-hydrogen) atoms. The number of amides is 1. The smallest absolute Gasteiger partial charge is 0.269 e. The number of nitrogens with one attached hydrogen (secondary N) is 2. The van der Waals surface area contributed by atoms with Crippen LogP contribution in [0.1, 0.15) is 30.9 Å². The van der Waals surface area contributed by atoms with E-state index in [0.717, 1.165) is 17.0 Å².